The van der Waals surface area contributed by atoms with Gasteiger partial charge in [0.1, 0.15) is 5.75 Å². The number of methoxy groups -OCH3 is 1. The fourth-order valence-corrected chi connectivity index (χ4v) is 2.37. The van der Waals surface area contributed by atoms with Crippen molar-refractivity contribution in [3.05, 3.63) is 53.6 Å². The number of hydrogen-bond acceptors (Lipinski definition) is 5. The fourth-order valence-electron chi connectivity index (χ4n) is 2.37. The van der Waals surface area contributed by atoms with Gasteiger partial charge in [-0.25, -0.2) is 5.43 Å². The van der Waals surface area contributed by atoms with E-state index in [1.807, 2.05) is 24.3 Å². The monoisotopic (exact) mass is 356 g/mol. The van der Waals surface area contributed by atoms with E-state index in [4.69, 9.17) is 9.47 Å². The number of ether oxygens (including phenoxy) is 2. The summed E-state index contributed by atoms with van der Waals surface area (Å²) in [4.78, 5) is 11.9. The number of hydrazone groups is 1. The van der Waals surface area contributed by atoms with Crippen LogP contribution in [0.25, 0.3) is 0 Å². The van der Waals surface area contributed by atoms with Crippen LogP contribution in [0.1, 0.15) is 37.3 Å². The number of para-hydroxylation sites is 1. The molecule has 26 heavy (non-hydrogen) atoms. The summed E-state index contributed by atoms with van der Waals surface area (Å²) in [5.74, 6) is 1.10. The Bertz CT molecular complexity index is 774. The van der Waals surface area contributed by atoms with Gasteiger partial charge in [0.2, 0.25) is 0 Å². The zero-order chi connectivity index (χ0) is 18.9. The fraction of sp³-hybridized carbons (Fsp3) is 0.300. The normalized spacial score (nSPS) is 12.0. The highest BCUT2D eigenvalue weighted by Crippen LogP contribution is 2.28. The van der Waals surface area contributed by atoms with Crippen LogP contribution in [-0.4, -0.2) is 30.9 Å². The Morgan fingerprint density at radius 3 is 2.77 bits per heavy atom. The van der Waals surface area contributed by atoms with Crippen molar-refractivity contribution in [1.82, 2.24) is 5.43 Å². The first kappa shape index (κ1) is 19.3. The van der Waals surface area contributed by atoms with Gasteiger partial charge in [-0.3, -0.25) is 4.79 Å². The van der Waals surface area contributed by atoms with Crippen LogP contribution in [0.5, 0.6) is 17.2 Å². The van der Waals surface area contributed by atoms with E-state index < -0.39 is 0 Å². The predicted octanol–water partition coefficient (Wildman–Crippen LogP) is 3.44. The molecule has 6 nitrogen and oxygen atoms in total. The minimum absolute atomic E-state index is 0.0436. The average molecular weight is 356 g/mol. The number of hydrogen-bond donors (Lipinski definition) is 2. The lowest BCUT2D eigenvalue weighted by molar-refractivity contribution is -0.123. The van der Waals surface area contributed by atoms with Crippen LogP contribution < -0.4 is 14.9 Å². The highest BCUT2D eigenvalue weighted by Gasteiger charge is 2.10. The second-order valence-electron chi connectivity index (χ2n) is 5.86. The number of nitrogens with zero attached hydrogens (tertiary/aromatic N) is 1. The molecule has 0 bridgehead atoms. The van der Waals surface area contributed by atoms with Gasteiger partial charge in [0.05, 0.1) is 13.3 Å². The number of carbonyl (C=O) groups is 1. The maximum Gasteiger partial charge on any atom is 0.277 e. The number of aromatic hydroxyl groups is 1. The molecule has 0 spiro atoms. The van der Waals surface area contributed by atoms with E-state index in [-0.39, 0.29) is 18.3 Å². The van der Waals surface area contributed by atoms with E-state index in [1.54, 1.807) is 12.1 Å². The van der Waals surface area contributed by atoms with E-state index >= 15 is 0 Å². The zero-order valence-corrected chi connectivity index (χ0v) is 15.2. The summed E-state index contributed by atoms with van der Waals surface area (Å²) in [7, 11) is 1.46. The van der Waals surface area contributed by atoms with Crippen LogP contribution in [0.15, 0.2) is 47.6 Å². The molecule has 138 valence electrons. The maximum absolute atomic E-state index is 11.9. The minimum atomic E-state index is -0.356. The first-order chi connectivity index (χ1) is 12.5. The second kappa shape index (κ2) is 9.46. The molecule has 0 saturated carbocycles. The van der Waals surface area contributed by atoms with Gasteiger partial charge in [0.25, 0.3) is 5.91 Å². The summed E-state index contributed by atoms with van der Waals surface area (Å²) < 4.78 is 10.7. The lowest BCUT2D eigenvalue weighted by atomic mass is 9.98. The van der Waals surface area contributed by atoms with E-state index in [1.165, 1.54) is 19.4 Å². The lowest BCUT2D eigenvalue weighted by Gasteiger charge is -2.15. The highest BCUT2D eigenvalue weighted by atomic mass is 16.5. The SMILES string of the molecule is CCC(C)c1ccccc1OCC(=O)NN=Cc1ccc(O)c(OC)c1. The average Bonchev–Trinajstić information content (AvgIpc) is 2.67. The molecule has 2 aromatic rings. The number of carbonyl (C=O) groups excluding carboxylic acids is 1. The van der Waals surface area contributed by atoms with Crippen molar-refractivity contribution < 1.29 is 19.4 Å². The number of phenols is 1. The molecule has 2 rings (SSSR count). The largest absolute Gasteiger partial charge is 0.504 e. The molecular weight excluding hydrogens is 332 g/mol. The summed E-state index contributed by atoms with van der Waals surface area (Å²) in [6.45, 7) is 4.11. The van der Waals surface area contributed by atoms with Gasteiger partial charge in [0, 0.05) is 0 Å². The van der Waals surface area contributed by atoms with Crippen LogP contribution in [-0.2, 0) is 4.79 Å². The van der Waals surface area contributed by atoms with Crippen LogP contribution in [0.4, 0.5) is 0 Å². The predicted molar refractivity (Wildman–Crippen MR) is 101 cm³/mol. The molecule has 0 fully saturated rings. The van der Waals surface area contributed by atoms with E-state index in [2.05, 4.69) is 24.4 Å². The Morgan fingerprint density at radius 1 is 1.27 bits per heavy atom. The Kier molecular flexibility index (Phi) is 7.02. The molecule has 0 aliphatic carbocycles. The summed E-state index contributed by atoms with van der Waals surface area (Å²) in [6.07, 6.45) is 2.46. The molecule has 0 aliphatic heterocycles. The molecule has 6 heteroatoms. The number of nitrogens with one attached hydrogen (secondary N) is 1. The van der Waals surface area contributed by atoms with Crippen molar-refractivity contribution in [3.63, 3.8) is 0 Å². The van der Waals surface area contributed by atoms with Crippen LogP contribution in [0.3, 0.4) is 0 Å². The third-order valence-electron chi connectivity index (χ3n) is 4.03. The standard InChI is InChI=1S/C20H24N2O4/c1-4-14(2)16-7-5-6-8-18(16)26-13-20(24)22-21-12-15-9-10-17(23)19(11-15)25-3/h5-12,14,23H,4,13H2,1-3H3,(H,22,24). The number of amides is 1. The van der Waals surface area contributed by atoms with Crippen LogP contribution >= 0.6 is 0 Å². The van der Waals surface area contributed by atoms with Gasteiger partial charge < -0.3 is 14.6 Å². The first-order valence-corrected chi connectivity index (χ1v) is 8.45. The molecule has 1 atom stereocenters. The van der Waals surface area contributed by atoms with Gasteiger partial charge in [-0.15, -0.1) is 0 Å². The summed E-state index contributed by atoms with van der Waals surface area (Å²) in [5.41, 5.74) is 4.19. The lowest BCUT2D eigenvalue weighted by Crippen LogP contribution is -2.25. The van der Waals surface area contributed by atoms with Gasteiger partial charge in [-0.2, -0.15) is 5.10 Å². The summed E-state index contributed by atoms with van der Waals surface area (Å²) >= 11 is 0. The van der Waals surface area contributed by atoms with E-state index in [0.717, 1.165) is 12.0 Å². The Morgan fingerprint density at radius 2 is 2.04 bits per heavy atom. The molecule has 0 saturated heterocycles. The van der Waals surface area contributed by atoms with Crippen molar-refractivity contribution in [2.75, 3.05) is 13.7 Å². The van der Waals surface area contributed by atoms with E-state index in [0.29, 0.717) is 23.0 Å². The molecule has 1 unspecified atom stereocenters. The molecule has 0 radical (unpaired) electrons. The van der Waals surface area contributed by atoms with Crippen LogP contribution in [0, 0.1) is 0 Å². The number of phenolic OH excluding ortho intramolecular Hbond substituents is 1. The molecule has 0 aromatic heterocycles. The first-order valence-electron chi connectivity index (χ1n) is 8.45. The number of rotatable bonds is 8. The molecule has 2 aromatic carbocycles. The Labute approximate surface area is 153 Å². The molecule has 2 N–H and O–H groups in total. The number of benzene rings is 2. The third-order valence-corrected chi connectivity index (χ3v) is 4.03. The minimum Gasteiger partial charge on any atom is -0.504 e. The Hall–Kier alpha value is -3.02. The molecule has 0 heterocycles. The van der Waals surface area contributed by atoms with Gasteiger partial charge in [0.15, 0.2) is 18.1 Å². The highest BCUT2D eigenvalue weighted by molar-refractivity contribution is 5.83. The van der Waals surface area contributed by atoms with Crippen molar-refractivity contribution in [2.24, 2.45) is 5.10 Å². The third kappa shape index (κ3) is 5.24. The van der Waals surface area contributed by atoms with Crippen molar-refractivity contribution in [3.8, 4) is 17.2 Å². The topological polar surface area (TPSA) is 80.2 Å². The molecular formula is C20H24N2O4. The maximum atomic E-state index is 11.9. The quantitative estimate of drug-likeness (QED) is 0.561. The second-order valence-corrected chi connectivity index (χ2v) is 5.86. The van der Waals surface area contributed by atoms with E-state index in [9.17, 15) is 9.90 Å². The molecule has 1 amide bonds. The van der Waals surface area contributed by atoms with Gasteiger partial charge in [-0.05, 0) is 47.7 Å². The van der Waals surface area contributed by atoms with Crippen molar-refractivity contribution in [2.45, 2.75) is 26.2 Å². The smallest absolute Gasteiger partial charge is 0.277 e. The molecule has 0 aliphatic rings. The van der Waals surface area contributed by atoms with Crippen molar-refractivity contribution in [1.29, 1.82) is 0 Å². The zero-order valence-electron chi connectivity index (χ0n) is 15.2. The van der Waals surface area contributed by atoms with Crippen molar-refractivity contribution >= 4 is 12.1 Å². The van der Waals surface area contributed by atoms with Gasteiger partial charge in [-0.1, -0.05) is 32.0 Å². The van der Waals surface area contributed by atoms with Gasteiger partial charge >= 0.3 is 0 Å². The van der Waals surface area contributed by atoms with Crippen LogP contribution in [0.2, 0.25) is 0 Å². The summed E-state index contributed by atoms with van der Waals surface area (Å²) in [6, 6.07) is 12.5. The summed E-state index contributed by atoms with van der Waals surface area (Å²) in [5, 5.41) is 13.4. The Balaban J connectivity index is 1.90.